The number of Topliss-reactive ketones (excluding diaryl/α,β-unsaturated/α-hetero) is 2. The maximum absolute atomic E-state index is 13.5. The van der Waals surface area contributed by atoms with Gasteiger partial charge in [-0.3, -0.25) is 9.59 Å². The van der Waals surface area contributed by atoms with Gasteiger partial charge in [0.05, 0.1) is 0 Å². The molecule has 0 aliphatic carbocycles. The Balaban J connectivity index is 3.06. The molecule has 0 aromatic heterocycles. The van der Waals surface area contributed by atoms with Crippen LogP contribution in [0.2, 0.25) is 0 Å². The Bertz CT molecular complexity index is 424. The molecule has 0 aliphatic heterocycles. The van der Waals surface area contributed by atoms with E-state index in [-0.39, 0.29) is 6.42 Å². The van der Waals surface area contributed by atoms with E-state index >= 15 is 0 Å². The zero-order valence-corrected chi connectivity index (χ0v) is 9.71. The van der Waals surface area contributed by atoms with Gasteiger partial charge in [-0.15, -0.1) is 0 Å². The highest BCUT2D eigenvalue weighted by molar-refractivity contribution is 6.13. The third-order valence-corrected chi connectivity index (χ3v) is 2.73. The van der Waals surface area contributed by atoms with E-state index in [1.165, 1.54) is 0 Å². The summed E-state index contributed by atoms with van der Waals surface area (Å²) >= 11 is 0. The van der Waals surface area contributed by atoms with E-state index in [0.717, 1.165) is 11.1 Å². The smallest absolute Gasteiger partial charge is 0.220 e. The van der Waals surface area contributed by atoms with Gasteiger partial charge in [0.25, 0.3) is 0 Å². The Morgan fingerprint density at radius 2 is 1.94 bits per heavy atom. The molecule has 1 rings (SSSR count). The molecule has 1 aromatic carbocycles. The van der Waals surface area contributed by atoms with E-state index in [0.29, 0.717) is 5.56 Å². The molecule has 0 aliphatic rings. The molecule has 0 fully saturated rings. The molecule has 1 aromatic rings. The Hall–Kier alpha value is -1.51. The molecule has 0 heterocycles. The van der Waals surface area contributed by atoms with Crippen molar-refractivity contribution in [2.75, 3.05) is 0 Å². The van der Waals surface area contributed by atoms with Crippen molar-refractivity contribution in [3.05, 3.63) is 34.9 Å². The third kappa shape index (κ3) is 2.35. The van der Waals surface area contributed by atoms with Crippen molar-refractivity contribution in [3.8, 4) is 0 Å². The maximum atomic E-state index is 13.5. The van der Waals surface area contributed by atoms with E-state index in [4.69, 9.17) is 0 Å². The molecule has 16 heavy (non-hydrogen) atoms. The monoisotopic (exact) mass is 222 g/mol. The molecule has 1 atom stereocenters. The summed E-state index contributed by atoms with van der Waals surface area (Å²) < 4.78 is 13.5. The summed E-state index contributed by atoms with van der Waals surface area (Å²) in [6.45, 7) is 5.15. The second-order valence-corrected chi connectivity index (χ2v) is 3.79. The molecular formula is C13H15FO2. The van der Waals surface area contributed by atoms with Crippen LogP contribution in [0.4, 0.5) is 4.39 Å². The number of hydrogen-bond acceptors (Lipinski definition) is 2. The molecule has 0 saturated heterocycles. The first-order chi connectivity index (χ1) is 7.49. The normalized spacial score (nSPS) is 12.2. The van der Waals surface area contributed by atoms with Gasteiger partial charge in [0.15, 0.2) is 5.78 Å². The van der Waals surface area contributed by atoms with Gasteiger partial charge in [-0.1, -0.05) is 25.1 Å². The van der Waals surface area contributed by atoms with Crippen molar-refractivity contribution in [2.24, 2.45) is 0 Å². The highest BCUT2D eigenvalue weighted by atomic mass is 19.1. The highest BCUT2D eigenvalue weighted by Crippen LogP contribution is 2.16. The Morgan fingerprint density at radius 1 is 1.31 bits per heavy atom. The van der Waals surface area contributed by atoms with Crippen LogP contribution in [0.3, 0.4) is 0 Å². The Kier molecular flexibility index (Phi) is 3.93. The molecule has 2 nitrogen and oxygen atoms in total. The van der Waals surface area contributed by atoms with Crippen LogP contribution in [0.5, 0.6) is 0 Å². The maximum Gasteiger partial charge on any atom is 0.220 e. The number of carbonyl (C=O) groups is 2. The van der Waals surface area contributed by atoms with Crippen LogP contribution in [0.25, 0.3) is 0 Å². The van der Waals surface area contributed by atoms with E-state index < -0.39 is 17.7 Å². The minimum atomic E-state index is -2.02. The molecule has 0 amide bonds. The molecule has 0 N–H and O–H groups in total. The fourth-order valence-corrected chi connectivity index (χ4v) is 1.48. The van der Waals surface area contributed by atoms with Gasteiger partial charge in [-0.05, 0) is 25.0 Å². The molecule has 0 saturated carbocycles. The molecule has 0 radical (unpaired) electrons. The standard InChI is InChI=1S/C13H15FO2/c1-4-11(15)12(14)13(16)10-7-5-6-8(2)9(10)3/h5-7,12H,4H2,1-3H3. The van der Waals surface area contributed by atoms with E-state index in [2.05, 4.69) is 0 Å². The first kappa shape index (κ1) is 12.6. The fourth-order valence-electron chi connectivity index (χ4n) is 1.48. The lowest BCUT2D eigenvalue weighted by molar-refractivity contribution is -0.121. The van der Waals surface area contributed by atoms with E-state index in [9.17, 15) is 14.0 Å². The lowest BCUT2D eigenvalue weighted by Gasteiger charge is -2.09. The molecule has 0 spiro atoms. The van der Waals surface area contributed by atoms with Gasteiger partial charge in [-0.2, -0.15) is 0 Å². The summed E-state index contributed by atoms with van der Waals surface area (Å²) in [5.41, 5.74) is 1.95. The molecule has 1 unspecified atom stereocenters. The van der Waals surface area contributed by atoms with Crippen LogP contribution in [0.15, 0.2) is 18.2 Å². The average Bonchev–Trinajstić information content (AvgIpc) is 2.29. The summed E-state index contributed by atoms with van der Waals surface area (Å²) in [4.78, 5) is 22.8. The minimum Gasteiger partial charge on any atom is -0.296 e. The minimum absolute atomic E-state index is 0.0395. The van der Waals surface area contributed by atoms with Gasteiger partial charge in [0, 0.05) is 12.0 Å². The van der Waals surface area contributed by atoms with Crippen molar-refractivity contribution >= 4 is 11.6 Å². The van der Waals surface area contributed by atoms with E-state index in [1.54, 1.807) is 26.0 Å². The first-order valence-corrected chi connectivity index (χ1v) is 5.26. The van der Waals surface area contributed by atoms with Crippen molar-refractivity contribution in [2.45, 2.75) is 33.4 Å². The summed E-state index contributed by atoms with van der Waals surface area (Å²) in [6.07, 6.45) is -1.98. The highest BCUT2D eigenvalue weighted by Gasteiger charge is 2.26. The number of carbonyl (C=O) groups excluding carboxylic acids is 2. The van der Waals surface area contributed by atoms with Crippen molar-refractivity contribution in [1.29, 1.82) is 0 Å². The third-order valence-electron chi connectivity index (χ3n) is 2.73. The predicted octanol–water partition coefficient (Wildman–Crippen LogP) is 2.80. The van der Waals surface area contributed by atoms with Gasteiger partial charge in [0.2, 0.25) is 12.0 Å². The van der Waals surface area contributed by atoms with Gasteiger partial charge >= 0.3 is 0 Å². The number of benzene rings is 1. The summed E-state index contributed by atoms with van der Waals surface area (Å²) in [6, 6.07) is 5.10. The number of aryl methyl sites for hydroxylation is 1. The second kappa shape index (κ2) is 5.01. The summed E-state index contributed by atoms with van der Waals surface area (Å²) in [5, 5.41) is 0. The van der Waals surface area contributed by atoms with Gasteiger partial charge in [-0.25, -0.2) is 4.39 Å². The molecule has 3 heteroatoms. The zero-order valence-electron chi connectivity index (χ0n) is 9.71. The van der Waals surface area contributed by atoms with Crippen molar-refractivity contribution < 1.29 is 14.0 Å². The van der Waals surface area contributed by atoms with Crippen molar-refractivity contribution in [3.63, 3.8) is 0 Å². The summed E-state index contributed by atoms with van der Waals surface area (Å²) in [7, 11) is 0. The Labute approximate surface area is 94.5 Å². The Morgan fingerprint density at radius 3 is 2.50 bits per heavy atom. The lowest BCUT2D eigenvalue weighted by atomic mass is 9.96. The van der Waals surface area contributed by atoms with Crippen LogP contribution in [-0.2, 0) is 4.79 Å². The van der Waals surface area contributed by atoms with Gasteiger partial charge < -0.3 is 0 Å². The van der Waals surface area contributed by atoms with Crippen LogP contribution in [0.1, 0.15) is 34.8 Å². The second-order valence-electron chi connectivity index (χ2n) is 3.79. The number of ketones is 2. The number of halogens is 1. The zero-order chi connectivity index (χ0) is 12.3. The van der Waals surface area contributed by atoms with Crippen LogP contribution >= 0.6 is 0 Å². The first-order valence-electron chi connectivity index (χ1n) is 5.26. The van der Waals surface area contributed by atoms with E-state index in [1.807, 2.05) is 13.0 Å². The van der Waals surface area contributed by atoms with Gasteiger partial charge in [0.1, 0.15) is 0 Å². The lowest BCUT2D eigenvalue weighted by Crippen LogP contribution is -2.25. The average molecular weight is 222 g/mol. The SMILES string of the molecule is CCC(=O)C(F)C(=O)c1cccc(C)c1C. The number of rotatable bonds is 4. The molecule has 86 valence electrons. The van der Waals surface area contributed by atoms with Crippen LogP contribution in [-0.4, -0.2) is 17.7 Å². The van der Waals surface area contributed by atoms with Crippen LogP contribution in [0, 0.1) is 13.8 Å². The number of alkyl halides is 1. The molecule has 0 bridgehead atoms. The largest absolute Gasteiger partial charge is 0.296 e. The quantitative estimate of drug-likeness (QED) is 0.580. The van der Waals surface area contributed by atoms with Crippen LogP contribution < -0.4 is 0 Å². The summed E-state index contributed by atoms with van der Waals surface area (Å²) in [5.74, 6) is -1.39. The van der Waals surface area contributed by atoms with Crippen molar-refractivity contribution in [1.82, 2.24) is 0 Å². The fraction of sp³-hybridized carbons (Fsp3) is 0.385. The topological polar surface area (TPSA) is 34.1 Å². The molecular weight excluding hydrogens is 207 g/mol. The predicted molar refractivity (Wildman–Crippen MR) is 60.4 cm³/mol. The number of hydrogen-bond donors (Lipinski definition) is 0.